The highest BCUT2D eigenvalue weighted by atomic mass is 16.7. The van der Waals surface area contributed by atoms with Crippen molar-refractivity contribution in [1.29, 1.82) is 0 Å². The summed E-state index contributed by atoms with van der Waals surface area (Å²) in [6.45, 7) is 8.02. The number of allylic oxidation sites excluding steroid dienone is 2. The zero-order chi connectivity index (χ0) is 14.6. The fraction of sp³-hybridized carbons (Fsp3) is 0.824. The first kappa shape index (κ1) is 15.7. The maximum atomic E-state index is 11.9. The molecule has 0 aromatic carbocycles. The van der Waals surface area contributed by atoms with E-state index in [0.29, 0.717) is 18.1 Å². The number of ether oxygens (including phenoxy) is 2. The molecular formula is C17H28O3. The van der Waals surface area contributed by atoms with Crippen LogP contribution in [0.3, 0.4) is 0 Å². The van der Waals surface area contributed by atoms with Gasteiger partial charge in [-0.05, 0) is 49.0 Å². The molecule has 3 nitrogen and oxygen atoms in total. The lowest BCUT2D eigenvalue weighted by Crippen LogP contribution is -2.23. The Kier molecular flexibility index (Phi) is 5.39. The summed E-state index contributed by atoms with van der Waals surface area (Å²) >= 11 is 0. The van der Waals surface area contributed by atoms with Crippen LogP contribution in [0, 0.1) is 11.3 Å². The lowest BCUT2D eigenvalue weighted by Gasteiger charge is -2.23. The molecular weight excluding hydrogens is 252 g/mol. The molecule has 0 saturated carbocycles. The molecule has 0 radical (unpaired) electrons. The molecule has 1 aliphatic heterocycles. The Balaban J connectivity index is 1.67. The van der Waals surface area contributed by atoms with E-state index in [9.17, 15) is 4.79 Å². The van der Waals surface area contributed by atoms with E-state index >= 15 is 0 Å². The second kappa shape index (κ2) is 6.86. The van der Waals surface area contributed by atoms with Crippen molar-refractivity contribution in [3.05, 3.63) is 11.6 Å². The van der Waals surface area contributed by atoms with Crippen LogP contribution < -0.4 is 0 Å². The van der Waals surface area contributed by atoms with Gasteiger partial charge in [-0.2, -0.15) is 0 Å². The summed E-state index contributed by atoms with van der Waals surface area (Å²) in [6.07, 6.45) is 8.09. The maximum Gasteiger partial charge on any atom is 0.159 e. The van der Waals surface area contributed by atoms with Crippen molar-refractivity contribution in [3.63, 3.8) is 0 Å². The number of ketones is 1. The number of Topliss-reactive ketones (excluding diaryl/α,β-unsaturated/α-hetero) is 1. The molecule has 1 aliphatic carbocycles. The van der Waals surface area contributed by atoms with Crippen molar-refractivity contribution >= 4 is 5.78 Å². The number of rotatable bonds is 6. The smallest absolute Gasteiger partial charge is 0.159 e. The minimum absolute atomic E-state index is 0.00205. The van der Waals surface area contributed by atoms with Gasteiger partial charge in [-0.1, -0.05) is 26.8 Å². The van der Waals surface area contributed by atoms with Crippen molar-refractivity contribution in [1.82, 2.24) is 0 Å². The average molecular weight is 280 g/mol. The van der Waals surface area contributed by atoms with E-state index in [0.717, 1.165) is 44.5 Å². The van der Waals surface area contributed by atoms with Crippen molar-refractivity contribution in [2.75, 3.05) is 13.2 Å². The second-order valence-corrected chi connectivity index (χ2v) is 7.02. The Morgan fingerprint density at radius 2 is 2.25 bits per heavy atom. The lowest BCUT2D eigenvalue weighted by atomic mass is 9.93. The predicted octanol–water partition coefficient (Wildman–Crippen LogP) is 3.87. The topological polar surface area (TPSA) is 35.5 Å². The van der Waals surface area contributed by atoms with Crippen molar-refractivity contribution in [2.45, 2.75) is 65.6 Å². The molecule has 1 fully saturated rings. The minimum atomic E-state index is 0.00205. The van der Waals surface area contributed by atoms with Gasteiger partial charge >= 0.3 is 0 Å². The normalized spacial score (nSPS) is 27.4. The summed E-state index contributed by atoms with van der Waals surface area (Å²) in [5.41, 5.74) is 1.08. The van der Waals surface area contributed by atoms with Gasteiger partial charge in [0.15, 0.2) is 12.1 Å². The van der Waals surface area contributed by atoms with Crippen LogP contribution in [0.4, 0.5) is 0 Å². The summed E-state index contributed by atoms with van der Waals surface area (Å²) in [4.78, 5) is 11.9. The third-order valence-corrected chi connectivity index (χ3v) is 4.16. The summed E-state index contributed by atoms with van der Waals surface area (Å²) < 4.78 is 11.3. The van der Waals surface area contributed by atoms with E-state index < -0.39 is 0 Å². The third-order valence-electron chi connectivity index (χ3n) is 4.16. The summed E-state index contributed by atoms with van der Waals surface area (Å²) in [7, 11) is 0. The Labute approximate surface area is 122 Å². The van der Waals surface area contributed by atoms with E-state index in [-0.39, 0.29) is 11.7 Å². The van der Waals surface area contributed by atoms with E-state index in [4.69, 9.17) is 9.47 Å². The Morgan fingerprint density at radius 1 is 1.45 bits per heavy atom. The van der Waals surface area contributed by atoms with Crippen LogP contribution in [0.25, 0.3) is 0 Å². The maximum absolute atomic E-state index is 11.9. The van der Waals surface area contributed by atoms with Crippen LogP contribution >= 0.6 is 0 Å². The number of hydrogen-bond acceptors (Lipinski definition) is 3. The molecule has 20 heavy (non-hydrogen) atoms. The van der Waals surface area contributed by atoms with Gasteiger partial charge in [0.2, 0.25) is 0 Å². The molecule has 114 valence electrons. The van der Waals surface area contributed by atoms with Gasteiger partial charge in [-0.15, -0.1) is 0 Å². The van der Waals surface area contributed by atoms with E-state index in [1.165, 1.54) is 6.42 Å². The van der Waals surface area contributed by atoms with Gasteiger partial charge in [0.05, 0.1) is 0 Å². The van der Waals surface area contributed by atoms with Crippen molar-refractivity contribution in [2.24, 2.45) is 11.3 Å². The first-order valence-electron chi connectivity index (χ1n) is 7.94. The molecule has 3 heteroatoms. The third kappa shape index (κ3) is 4.71. The van der Waals surface area contributed by atoms with Gasteiger partial charge < -0.3 is 9.47 Å². The molecule has 1 saturated heterocycles. The van der Waals surface area contributed by atoms with Crippen LogP contribution in [-0.2, 0) is 14.3 Å². The van der Waals surface area contributed by atoms with Crippen LogP contribution in [-0.4, -0.2) is 25.3 Å². The fourth-order valence-corrected chi connectivity index (χ4v) is 3.02. The van der Waals surface area contributed by atoms with Gasteiger partial charge in [0.25, 0.3) is 0 Å². The molecule has 0 N–H and O–H groups in total. The average Bonchev–Trinajstić information content (AvgIpc) is 2.63. The van der Waals surface area contributed by atoms with Gasteiger partial charge in [0, 0.05) is 19.6 Å². The second-order valence-electron chi connectivity index (χ2n) is 7.02. The largest absolute Gasteiger partial charge is 0.353 e. The fourth-order valence-electron chi connectivity index (χ4n) is 3.02. The molecule has 0 spiro atoms. The SMILES string of the molecule is C[C@H](CCOC1CCCCO1)CC1=CC(C)(C)CC1=O. The molecule has 2 rings (SSSR count). The highest BCUT2D eigenvalue weighted by molar-refractivity contribution is 5.98. The molecule has 0 amide bonds. The lowest BCUT2D eigenvalue weighted by molar-refractivity contribution is -0.163. The van der Waals surface area contributed by atoms with Crippen LogP contribution in [0.15, 0.2) is 11.6 Å². The Hall–Kier alpha value is -0.670. The van der Waals surface area contributed by atoms with Crippen molar-refractivity contribution in [3.8, 4) is 0 Å². The van der Waals surface area contributed by atoms with E-state index in [1.807, 2.05) is 0 Å². The highest BCUT2D eigenvalue weighted by Gasteiger charge is 2.30. The monoisotopic (exact) mass is 280 g/mol. The number of carbonyl (C=O) groups excluding carboxylic acids is 1. The standard InChI is InChI=1S/C17H28O3/c1-13(7-9-20-16-6-4-5-8-19-16)10-14-11-17(2,3)12-15(14)18/h11,13,16H,4-10,12H2,1-3H3/t13-,16?/m1/s1. The molecule has 0 aromatic rings. The first-order chi connectivity index (χ1) is 9.46. The molecule has 0 bridgehead atoms. The molecule has 2 atom stereocenters. The molecule has 0 aromatic heterocycles. The van der Waals surface area contributed by atoms with Gasteiger partial charge in [-0.25, -0.2) is 0 Å². The van der Waals surface area contributed by atoms with E-state index in [2.05, 4.69) is 26.8 Å². The minimum Gasteiger partial charge on any atom is -0.353 e. The van der Waals surface area contributed by atoms with Gasteiger partial charge in [0.1, 0.15) is 0 Å². The molecule has 2 aliphatic rings. The molecule has 1 heterocycles. The summed E-state index contributed by atoms with van der Waals surface area (Å²) in [5, 5.41) is 0. The van der Waals surface area contributed by atoms with Crippen LogP contribution in [0.2, 0.25) is 0 Å². The predicted molar refractivity (Wildman–Crippen MR) is 79.4 cm³/mol. The zero-order valence-electron chi connectivity index (χ0n) is 13.1. The zero-order valence-corrected chi connectivity index (χ0v) is 13.1. The number of hydrogen-bond donors (Lipinski definition) is 0. The van der Waals surface area contributed by atoms with Crippen molar-refractivity contribution < 1.29 is 14.3 Å². The number of carbonyl (C=O) groups is 1. The van der Waals surface area contributed by atoms with E-state index in [1.54, 1.807) is 0 Å². The highest BCUT2D eigenvalue weighted by Crippen LogP contribution is 2.35. The summed E-state index contributed by atoms with van der Waals surface area (Å²) in [6, 6.07) is 0. The van der Waals surface area contributed by atoms with Crippen LogP contribution in [0.5, 0.6) is 0 Å². The first-order valence-corrected chi connectivity index (χ1v) is 7.94. The quantitative estimate of drug-likeness (QED) is 0.741. The van der Waals surface area contributed by atoms with Gasteiger partial charge in [-0.3, -0.25) is 4.79 Å². The summed E-state index contributed by atoms with van der Waals surface area (Å²) in [5.74, 6) is 0.820. The Morgan fingerprint density at radius 3 is 2.85 bits per heavy atom. The molecule has 1 unspecified atom stereocenters. The Bertz CT molecular complexity index is 364. The van der Waals surface area contributed by atoms with Crippen LogP contribution in [0.1, 0.15) is 59.3 Å².